The van der Waals surface area contributed by atoms with Crippen LogP contribution in [0.3, 0.4) is 0 Å². The Balaban J connectivity index is 1.75. The second-order valence-corrected chi connectivity index (χ2v) is 14.6. The number of hydrogen-bond donors (Lipinski definition) is 2. The van der Waals surface area contributed by atoms with Crippen LogP contribution in [0.5, 0.6) is 0 Å². The maximum atomic E-state index is 11.3. The Labute approximate surface area is 245 Å². The van der Waals surface area contributed by atoms with E-state index in [1.165, 1.54) is 38.9 Å². The van der Waals surface area contributed by atoms with Gasteiger partial charge >= 0.3 is 0 Å². The van der Waals surface area contributed by atoms with Crippen LogP contribution in [0, 0.1) is 17.3 Å². The van der Waals surface area contributed by atoms with Gasteiger partial charge in [0.2, 0.25) is 0 Å². The third kappa shape index (κ3) is 9.87. The number of aliphatic hydroxyl groups excluding tert-OH is 1. The summed E-state index contributed by atoms with van der Waals surface area (Å²) in [5.41, 5.74) is -0.560. The van der Waals surface area contributed by atoms with Gasteiger partial charge < -0.3 is 39.2 Å². The molecule has 0 aliphatic carbocycles. The Kier molecular flexibility index (Phi) is 13.2. The third-order valence-electron chi connectivity index (χ3n) is 9.56. The second kappa shape index (κ2) is 15.4. The predicted molar refractivity (Wildman–Crippen MR) is 162 cm³/mol. The van der Waals surface area contributed by atoms with Crippen molar-refractivity contribution in [3.8, 4) is 0 Å². The van der Waals surface area contributed by atoms with E-state index in [0.29, 0.717) is 18.6 Å². The molecule has 0 aromatic carbocycles. The molecule has 0 radical (unpaired) electrons. The maximum absolute atomic E-state index is 11.3. The van der Waals surface area contributed by atoms with Gasteiger partial charge in [-0.15, -0.1) is 0 Å². The van der Waals surface area contributed by atoms with Crippen molar-refractivity contribution in [1.29, 1.82) is 0 Å². The summed E-state index contributed by atoms with van der Waals surface area (Å²) in [6.07, 6.45) is 5.94. The fourth-order valence-corrected chi connectivity index (χ4v) is 7.45. The molecule has 0 saturated carbocycles. The van der Waals surface area contributed by atoms with Gasteiger partial charge in [-0.25, -0.2) is 0 Å². The van der Waals surface area contributed by atoms with Crippen molar-refractivity contribution >= 4 is 0 Å². The van der Waals surface area contributed by atoms with Gasteiger partial charge in [0.05, 0.1) is 31.0 Å². The lowest BCUT2D eigenvalue weighted by atomic mass is 9.75. The molecule has 3 rings (SSSR count). The molecule has 0 aromatic heterocycles. The number of ether oxygens (including phenoxy) is 4. The average Bonchev–Trinajstić information content (AvgIpc) is 3.39. The molecule has 40 heavy (non-hydrogen) atoms. The van der Waals surface area contributed by atoms with Crippen LogP contribution in [0.15, 0.2) is 0 Å². The zero-order chi connectivity index (χ0) is 29.5. The smallest absolute Gasteiger partial charge is 0.185 e. The fraction of sp³-hybridized carbons (Fsp3) is 1.00. The molecule has 3 fully saturated rings. The molecule has 9 atom stereocenters. The van der Waals surface area contributed by atoms with E-state index < -0.39 is 18.0 Å². The summed E-state index contributed by atoms with van der Waals surface area (Å²) in [4.78, 5) is 4.69. The molecule has 0 bridgehead atoms. The van der Waals surface area contributed by atoms with Gasteiger partial charge in [-0.05, 0) is 116 Å². The van der Waals surface area contributed by atoms with Crippen LogP contribution in [0.2, 0.25) is 0 Å². The SMILES string of the molecule is CO[C@]1(C)C[C@@H](C)CN[C@H](CCCN2CCCC2)COCC(C)(C)C[C@@H](C)[C@H]1O[C@@H]1O[C@H](C)C[C@H](N(C)C)[C@H]1O. The summed E-state index contributed by atoms with van der Waals surface area (Å²) < 4.78 is 25.8. The summed E-state index contributed by atoms with van der Waals surface area (Å²) in [6, 6.07) is 0.345. The molecule has 0 spiro atoms. The molecule has 3 saturated heterocycles. The largest absolute Gasteiger partial charge is 0.386 e. The lowest BCUT2D eigenvalue weighted by molar-refractivity contribution is -0.298. The van der Waals surface area contributed by atoms with Crippen molar-refractivity contribution in [3.63, 3.8) is 0 Å². The van der Waals surface area contributed by atoms with Gasteiger partial charge in [0.15, 0.2) is 6.29 Å². The highest BCUT2D eigenvalue weighted by Gasteiger charge is 2.46. The molecule has 3 aliphatic heterocycles. The minimum absolute atomic E-state index is 0.00929. The Morgan fingerprint density at radius 3 is 2.42 bits per heavy atom. The minimum atomic E-state index is -0.721. The number of aliphatic hydroxyl groups is 1. The highest BCUT2D eigenvalue weighted by Crippen LogP contribution is 2.39. The Bertz CT molecular complexity index is 733. The van der Waals surface area contributed by atoms with E-state index in [2.05, 4.69) is 56.7 Å². The summed E-state index contributed by atoms with van der Waals surface area (Å²) in [5, 5.41) is 15.1. The van der Waals surface area contributed by atoms with E-state index in [9.17, 15) is 5.11 Å². The molecular formula is C32H63N3O5. The molecule has 0 amide bonds. The minimum Gasteiger partial charge on any atom is -0.386 e. The average molecular weight is 570 g/mol. The van der Waals surface area contributed by atoms with Crippen LogP contribution in [0.4, 0.5) is 0 Å². The molecule has 8 heteroatoms. The van der Waals surface area contributed by atoms with E-state index in [4.69, 9.17) is 18.9 Å². The van der Waals surface area contributed by atoms with E-state index in [-0.39, 0.29) is 29.6 Å². The first-order valence-corrected chi connectivity index (χ1v) is 16.1. The van der Waals surface area contributed by atoms with Crippen LogP contribution in [0.25, 0.3) is 0 Å². The van der Waals surface area contributed by atoms with Crippen molar-refractivity contribution in [1.82, 2.24) is 15.1 Å². The first-order chi connectivity index (χ1) is 18.8. The van der Waals surface area contributed by atoms with E-state index >= 15 is 0 Å². The van der Waals surface area contributed by atoms with Gasteiger partial charge in [0.25, 0.3) is 0 Å². The van der Waals surface area contributed by atoms with Crippen LogP contribution in [-0.4, -0.2) is 118 Å². The Morgan fingerprint density at radius 1 is 1.07 bits per heavy atom. The Morgan fingerprint density at radius 2 is 1.77 bits per heavy atom. The molecular weight excluding hydrogens is 506 g/mol. The standard InChI is InChI=1S/C32H63N3O5/c1-23-18-32(6,37-9)29(40-30-28(36)27(34(7)8)17-25(3)39-30)24(2)19-31(4,5)22-38-21-26(33-20-23)13-12-16-35-14-10-11-15-35/h23-30,33,36H,10-22H2,1-9H3/t23-,24-,25-,26-,27+,28-,29-,30+,32-/m1/s1. The van der Waals surface area contributed by atoms with E-state index in [1.54, 1.807) is 7.11 Å². The summed E-state index contributed by atoms with van der Waals surface area (Å²) in [5.74, 6) is 0.551. The van der Waals surface area contributed by atoms with Crippen molar-refractivity contribution in [2.24, 2.45) is 17.3 Å². The first kappa shape index (κ1) is 34.2. The second-order valence-electron chi connectivity index (χ2n) is 14.6. The van der Waals surface area contributed by atoms with Gasteiger partial charge in [0.1, 0.15) is 6.10 Å². The summed E-state index contributed by atoms with van der Waals surface area (Å²) >= 11 is 0. The summed E-state index contributed by atoms with van der Waals surface area (Å²) in [6.45, 7) is 19.5. The van der Waals surface area contributed by atoms with Crippen LogP contribution >= 0.6 is 0 Å². The lowest BCUT2D eigenvalue weighted by Gasteiger charge is -2.47. The molecule has 8 nitrogen and oxygen atoms in total. The number of methoxy groups -OCH3 is 1. The number of likely N-dealkylation sites (N-methyl/N-ethyl adjacent to an activating group) is 1. The number of hydrogen-bond acceptors (Lipinski definition) is 8. The fourth-order valence-electron chi connectivity index (χ4n) is 7.45. The molecule has 0 aromatic rings. The van der Waals surface area contributed by atoms with Gasteiger partial charge in [-0.2, -0.15) is 0 Å². The number of rotatable bonds is 8. The number of nitrogens with one attached hydrogen (secondary N) is 1. The van der Waals surface area contributed by atoms with Crippen LogP contribution < -0.4 is 5.32 Å². The number of likely N-dealkylation sites (tertiary alicyclic amines) is 1. The third-order valence-corrected chi connectivity index (χ3v) is 9.56. The van der Waals surface area contributed by atoms with E-state index in [0.717, 1.165) is 38.8 Å². The van der Waals surface area contributed by atoms with Gasteiger partial charge in [-0.1, -0.05) is 27.7 Å². The maximum Gasteiger partial charge on any atom is 0.185 e. The van der Waals surface area contributed by atoms with Gasteiger partial charge in [0, 0.05) is 19.2 Å². The van der Waals surface area contributed by atoms with Crippen molar-refractivity contribution in [2.75, 3.05) is 60.6 Å². The zero-order valence-corrected chi connectivity index (χ0v) is 27.3. The number of nitrogens with zero attached hydrogens (tertiary/aromatic N) is 2. The Hall–Kier alpha value is -0.320. The molecule has 3 heterocycles. The normalized spacial score (nSPS) is 40.9. The highest BCUT2D eigenvalue weighted by atomic mass is 16.7. The molecule has 0 unspecified atom stereocenters. The lowest BCUT2D eigenvalue weighted by Crippen LogP contribution is -2.58. The first-order valence-electron chi connectivity index (χ1n) is 16.1. The van der Waals surface area contributed by atoms with Crippen LogP contribution in [-0.2, 0) is 18.9 Å². The highest BCUT2D eigenvalue weighted by molar-refractivity contribution is 4.94. The summed E-state index contributed by atoms with van der Waals surface area (Å²) in [7, 11) is 5.83. The van der Waals surface area contributed by atoms with Crippen molar-refractivity contribution in [2.45, 2.75) is 129 Å². The van der Waals surface area contributed by atoms with Crippen LogP contribution in [0.1, 0.15) is 86.5 Å². The quantitative estimate of drug-likeness (QED) is 0.452. The van der Waals surface area contributed by atoms with Crippen molar-refractivity contribution < 1.29 is 24.1 Å². The zero-order valence-electron chi connectivity index (χ0n) is 27.3. The molecule has 236 valence electrons. The van der Waals surface area contributed by atoms with Crippen molar-refractivity contribution in [3.05, 3.63) is 0 Å². The predicted octanol–water partition coefficient (Wildman–Crippen LogP) is 4.15. The monoisotopic (exact) mass is 569 g/mol. The van der Waals surface area contributed by atoms with Gasteiger partial charge in [-0.3, -0.25) is 0 Å². The van der Waals surface area contributed by atoms with E-state index in [1.807, 2.05) is 14.1 Å². The molecule has 2 N–H and O–H groups in total. The molecule has 3 aliphatic rings. The topological polar surface area (TPSA) is 75.7 Å².